The molecule has 65 heavy (non-hydrogen) atoms. The van der Waals surface area contributed by atoms with Crippen molar-refractivity contribution in [3.63, 3.8) is 0 Å². The van der Waals surface area contributed by atoms with Gasteiger partial charge >= 0.3 is 0 Å². The maximum Gasteiger partial charge on any atom is 0.0562 e. The van der Waals surface area contributed by atoms with E-state index in [1.807, 2.05) is 0 Å². The van der Waals surface area contributed by atoms with Crippen LogP contribution in [-0.4, -0.2) is 15.9 Å². The Bertz CT molecular complexity index is 3280. The molecule has 12 rings (SSSR count). The fraction of sp³-hybridized carbons (Fsp3) is 0.164. The average Bonchev–Trinajstić information content (AvgIpc) is 3.83. The molecule has 7 aromatic carbocycles. The number of allylic oxidation sites excluding steroid dienone is 9. The van der Waals surface area contributed by atoms with Crippen molar-refractivity contribution >= 4 is 67.2 Å². The SMILES string of the molecule is C=NN.CC1=CCCC=C1.CC1=CCCC=C1.CC1CC=Cc2cc3c4cc5c6ccccc6n(-c6ccccc6)c5cc4n(-c4cccc5c(Cc6ccccc6)cccc45)c3cc21. The Kier molecular flexibility index (Phi) is 12.9. The predicted molar refractivity (Wildman–Crippen MR) is 282 cm³/mol. The van der Waals surface area contributed by atoms with Crippen LogP contribution in [0.25, 0.3) is 71.8 Å². The maximum atomic E-state index is 4.36. The highest BCUT2D eigenvalue weighted by Gasteiger charge is 2.22. The van der Waals surface area contributed by atoms with Crippen LogP contribution in [0.2, 0.25) is 0 Å². The predicted octanol–water partition coefficient (Wildman–Crippen LogP) is 16.3. The van der Waals surface area contributed by atoms with Crippen molar-refractivity contribution in [3.8, 4) is 11.4 Å². The number of nitrogens with two attached hydrogens (primary N) is 1. The van der Waals surface area contributed by atoms with Gasteiger partial charge in [-0.1, -0.05) is 164 Å². The molecule has 4 nitrogen and oxygen atoms in total. The lowest BCUT2D eigenvalue weighted by atomic mass is 9.87. The zero-order valence-corrected chi connectivity index (χ0v) is 37.9. The first-order valence-corrected chi connectivity index (χ1v) is 23.1. The van der Waals surface area contributed by atoms with E-state index < -0.39 is 0 Å². The van der Waals surface area contributed by atoms with E-state index in [-0.39, 0.29) is 0 Å². The van der Waals surface area contributed by atoms with E-state index >= 15 is 0 Å². The molecule has 0 saturated carbocycles. The van der Waals surface area contributed by atoms with Crippen LogP contribution in [0.3, 0.4) is 0 Å². The molecule has 0 amide bonds. The third kappa shape index (κ3) is 8.90. The molecule has 322 valence electrons. The van der Waals surface area contributed by atoms with Crippen LogP contribution in [0, 0.1) is 0 Å². The number of fused-ring (bicyclic) bond motifs is 8. The van der Waals surface area contributed by atoms with Crippen LogP contribution >= 0.6 is 0 Å². The smallest absolute Gasteiger partial charge is 0.0562 e. The number of nitrogens with zero attached hydrogens (tertiary/aromatic N) is 3. The standard InChI is InChI=1S/C46H34N2.2C7H10.CH4N2/c1-30-13-10-16-33-26-39-41-27-40-37-20-8-9-23-42(37)47(34-18-6-3-7-19-34)45(40)29-46(41)48(44(39)28-38(30)33)43-24-12-21-35-32(17-11-22-36(35)43)25-31-14-4-2-5-15-31;2*1-7-5-3-2-4-6-7;1-3-2/h2-12,14-24,26-30H,13,25H2,1H3;2*3,5-6H,2,4H2,1H3;1-2H2. The van der Waals surface area contributed by atoms with Gasteiger partial charge in [-0.15, -0.1) is 0 Å². The number of hydrazone groups is 1. The molecule has 9 aromatic rings. The zero-order valence-electron chi connectivity index (χ0n) is 37.9. The highest BCUT2D eigenvalue weighted by atomic mass is 15.1. The van der Waals surface area contributed by atoms with Crippen LogP contribution in [0.5, 0.6) is 0 Å². The van der Waals surface area contributed by atoms with Gasteiger partial charge in [-0.3, -0.25) is 0 Å². The molecule has 2 N–H and O–H groups in total. The second-order valence-electron chi connectivity index (χ2n) is 17.4. The third-order valence-corrected chi connectivity index (χ3v) is 12.9. The van der Waals surface area contributed by atoms with Crippen LogP contribution < -0.4 is 5.84 Å². The first-order valence-electron chi connectivity index (χ1n) is 23.1. The Labute approximate surface area is 383 Å². The van der Waals surface area contributed by atoms with E-state index in [1.165, 1.54) is 125 Å². The second kappa shape index (κ2) is 19.5. The van der Waals surface area contributed by atoms with Crippen LogP contribution in [0.4, 0.5) is 0 Å². The highest BCUT2D eigenvalue weighted by molar-refractivity contribution is 6.20. The molecule has 0 aliphatic heterocycles. The molecule has 2 heterocycles. The molecule has 0 bridgehead atoms. The fourth-order valence-electron chi connectivity index (χ4n) is 9.78. The van der Waals surface area contributed by atoms with Crippen molar-refractivity contribution in [2.75, 3.05) is 0 Å². The molecule has 4 heteroatoms. The lowest BCUT2D eigenvalue weighted by Crippen LogP contribution is -2.02. The topological polar surface area (TPSA) is 48.2 Å². The van der Waals surface area contributed by atoms with Gasteiger partial charge in [0.05, 0.1) is 27.8 Å². The van der Waals surface area contributed by atoms with E-state index in [2.05, 4.69) is 242 Å². The number of hydrogen-bond acceptors (Lipinski definition) is 2. The molecule has 2 aromatic heterocycles. The largest absolute Gasteiger partial charge is 0.324 e. The van der Waals surface area contributed by atoms with Gasteiger partial charge in [0.25, 0.3) is 0 Å². The van der Waals surface area contributed by atoms with E-state index in [0.717, 1.165) is 12.8 Å². The highest BCUT2D eigenvalue weighted by Crippen LogP contribution is 2.43. The van der Waals surface area contributed by atoms with Gasteiger partial charge in [-0.25, -0.2) is 0 Å². The Balaban J connectivity index is 0.000000265. The van der Waals surface area contributed by atoms with Crippen LogP contribution in [-0.2, 0) is 6.42 Å². The molecule has 1 atom stereocenters. The van der Waals surface area contributed by atoms with Crippen molar-refractivity contribution in [1.82, 2.24) is 9.13 Å². The van der Waals surface area contributed by atoms with Crippen molar-refractivity contribution in [1.29, 1.82) is 0 Å². The first-order chi connectivity index (χ1) is 31.9. The van der Waals surface area contributed by atoms with Gasteiger partial charge in [0.2, 0.25) is 0 Å². The molecule has 1 unspecified atom stereocenters. The zero-order chi connectivity index (χ0) is 44.7. The molecular weight excluding hydrogens is 789 g/mol. The Morgan fingerprint density at radius 1 is 0.538 bits per heavy atom. The van der Waals surface area contributed by atoms with E-state index in [1.54, 1.807) is 0 Å². The van der Waals surface area contributed by atoms with E-state index in [0.29, 0.717) is 5.92 Å². The number of benzene rings is 7. The summed E-state index contributed by atoms with van der Waals surface area (Å²) >= 11 is 0. The van der Waals surface area contributed by atoms with Gasteiger partial charge in [-0.2, -0.15) is 5.10 Å². The lowest BCUT2D eigenvalue weighted by molar-refractivity contribution is 0.773. The minimum atomic E-state index is 0.483. The van der Waals surface area contributed by atoms with Crippen molar-refractivity contribution in [2.24, 2.45) is 10.9 Å². The summed E-state index contributed by atoms with van der Waals surface area (Å²) in [5, 5.41) is 10.5. The molecule has 0 spiro atoms. The van der Waals surface area contributed by atoms with Crippen LogP contribution in [0.1, 0.15) is 81.0 Å². The minimum Gasteiger partial charge on any atom is -0.324 e. The normalized spacial score (nSPS) is 15.0. The Morgan fingerprint density at radius 2 is 1.12 bits per heavy atom. The van der Waals surface area contributed by atoms with E-state index in [4.69, 9.17) is 0 Å². The molecule has 0 saturated heterocycles. The number of rotatable bonds is 4. The monoisotopic (exact) mass is 846 g/mol. The number of aromatic nitrogens is 2. The number of hydrogen-bond donors (Lipinski definition) is 1. The molecule has 0 fully saturated rings. The summed E-state index contributed by atoms with van der Waals surface area (Å²) in [6, 6.07) is 54.0. The van der Waals surface area contributed by atoms with Gasteiger partial charge < -0.3 is 15.0 Å². The first kappa shape index (κ1) is 42.9. The molecule has 3 aliphatic rings. The third-order valence-electron chi connectivity index (χ3n) is 12.9. The summed E-state index contributed by atoms with van der Waals surface area (Å²) < 4.78 is 4.99. The summed E-state index contributed by atoms with van der Waals surface area (Å²) in [5.74, 6) is 4.84. The van der Waals surface area contributed by atoms with Crippen molar-refractivity contribution in [3.05, 3.63) is 222 Å². The van der Waals surface area contributed by atoms with Gasteiger partial charge in [0.1, 0.15) is 0 Å². The quantitative estimate of drug-likeness (QED) is 0.107. The summed E-state index contributed by atoms with van der Waals surface area (Å²) in [7, 11) is 0. The van der Waals surface area contributed by atoms with Gasteiger partial charge in [-0.05, 0) is 134 Å². The summed E-state index contributed by atoms with van der Waals surface area (Å²) in [6.45, 7) is 9.52. The maximum absolute atomic E-state index is 4.36. The minimum absolute atomic E-state index is 0.483. The fourth-order valence-corrected chi connectivity index (χ4v) is 9.78. The summed E-state index contributed by atoms with van der Waals surface area (Å²) in [5.41, 5.74) is 15.6. The molecule has 0 radical (unpaired) electrons. The van der Waals surface area contributed by atoms with Crippen molar-refractivity contribution < 1.29 is 0 Å². The Morgan fingerprint density at radius 3 is 1.80 bits per heavy atom. The second-order valence-corrected chi connectivity index (χ2v) is 17.4. The van der Waals surface area contributed by atoms with Crippen molar-refractivity contribution in [2.45, 2.75) is 65.2 Å². The van der Waals surface area contributed by atoms with Gasteiger partial charge in [0.15, 0.2) is 0 Å². The summed E-state index contributed by atoms with van der Waals surface area (Å²) in [6.07, 6.45) is 24.9. The van der Waals surface area contributed by atoms with Crippen LogP contribution in [0.15, 0.2) is 204 Å². The summed E-state index contributed by atoms with van der Waals surface area (Å²) in [4.78, 5) is 0. The average molecular weight is 847 g/mol. The number of para-hydroxylation sites is 2. The molecular formula is C61H58N4. The Hall–Kier alpha value is -7.43. The molecule has 3 aliphatic carbocycles. The lowest BCUT2D eigenvalue weighted by Gasteiger charge is -2.19. The van der Waals surface area contributed by atoms with Gasteiger partial charge in [0, 0.05) is 39.3 Å². The van der Waals surface area contributed by atoms with E-state index in [9.17, 15) is 0 Å².